The van der Waals surface area contributed by atoms with E-state index in [2.05, 4.69) is 30.3 Å². The number of nitro benzene ring substituents is 1. The van der Waals surface area contributed by atoms with E-state index in [9.17, 15) is 95.1 Å². The number of ether oxygens (including phenoxy) is 1. The first-order chi connectivity index (χ1) is 68.6. The summed E-state index contributed by atoms with van der Waals surface area (Å²) < 4.78 is 176. The van der Waals surface area contributed by atoms with Gasteiger partial charge in [-0.05, 0) is 171 Å². The highest BCUT2D eigenvalue weighted by atomic mass is 35.5. The molecule has 0 aliphatic heterocycles. The number of para-hydroxylation sites is 2. The number of nitrogens with one attached hydrogen (secondary N) is 5. The Morgan fingerprint density at radius 2 is 0.717 bits per heavy atom. The number of alkyl halides is 2. The molecule has 0 aliphatic carbocycles. The molecule has 0 radical (unpaired) electrons. The van der Waals surface area contributed by atoms with Gasteiger partial charge in [-0.1, -0.05) is 234 Å². The number of thiophene rings is 1. The molecule has 0 atom stereocenters. The number of hydrogen-bond donors (Lipinski definition) is 5. The van der Waals surface area contributed by atoms with Crippen LogP contribution in [0.2, 0.25) is 20.1 Å². The Hall–Kier alpha value is -15.4. The summed E-state index contributed by atoms with van der Waals surface area (Å²) in [5.41, 5.74) is 4.89. The lowest BCUT2D eigenvalue weighted by Crippen LogP contribution is -2.20. The van der Waals surface area contributed by atoms with Gasteiger partial charge in [0.25, 0.3) is 67.4 Å². The lowest BCUT2D eigenvalue weighted by atomic mass is 10.0. The molecule has 16 rings (SSSR count). The highest BCUT2D eigenvalue weighted by Crippen LogP contribution is 2.40. The van der Waals surface area contributed by atoms with Crippen LogP contribution in [0, 0.1) is 41.0 Å². The number of ketones is 5. The van der Waals surface area contributed by atoms with Crippen LogP contribution in [0.15, 0.2) is 376 Å². The number of benzene rings is 15. The van der Waals surface area contributed by atoms with Crippen molar-refractivity contribution in [2.45, 2.75) is 57.4 Å². The molecule has 0 fully saturated rings. The molecule has 0 aliphatic rings. The van der Waals surface area contributed by atoms with Crippen LogP contribution in [0.3, 0.4) is 0 Å². The van der Waals surface area contributed by atoms with Gasteiger partial charge >= 0.3 is 0 Å². The number of carbonyl (C=O) groups is 5. The maximum absolute atomic E-state index is 13.9. The molecule has 0 saturated carbocycles. The molecule has 0 saturated heterocycles. The number of hydrogen-bond acceptors (Lipinski definition) is 21. The molecule has 16 aromatic rings. The molecule has 145 heavy (non-hydrogen) atoms. The summed E-state index contributed by atoms with van der Waals surface area (Å²) in [5.74, 6) is -4.95. The number of sulfonamides is 5. The van der Waals surface area contributed by atoms with E-state index >= 15 is 0 Å². The van der Waals surface area contributed by atoms with Crippen LogP contribution in [-0.2, 0) is 56.0 Å². The largest absolute Gasteiger partial charge is 0.619 e. The maximum Gasteiger partial charge on any atom is 0.271 e. The van der Waals surface area contributed by atoms with Crippen molar-refractivity contribution in [3.8, 4) is 5.75 Å². The van der Waals surface area contributed by atoms with Crippen molar-refractivity contribution < 1.29 is 94.0 Å². The van der Waals surface area contributed by atoms with Gasteiger partial charge in [0.2, 0.25) is 5.69 Å². The number of nitro groups is 1. The number of rotatable bonds is 30. The van der Waals surface area contributed by atoms with Crippen LogP contribution >= 0.6 is 57.7 Å². The molecule has 0 amide bonds. The topological polar surface area (TPSA) is 415 Å². The summed E-state index contributed by atoms with van der Waals surface area (Å²) in [6.07, 6.45) is 0. The van der Waals surface area contributed by atoms with Gasteiger partial charge in [-0.3, -0.25) is 57.7 Å². The van der Waals surface area contributed by atoms with Crippen molar-refractivity contribution in [1.82, 2.24) is 0 Å². The molecule has 15 aromatic carbocycles. The Bertz CT molecular complexity index is 8320. The first-order valence-electron chi connectivity index (χ1n) is 42.7. The van der Waals surface area contributed by atoms with Gasteiger partial charge in [-0.2, -0.15) is 4.74 Å². The molecular weight excluding hydrogens is 2070 g/mol. The SMILES string of the molecule is C=[N+]([O-])c1ccc(S(=O)(=O)Nc2ccccc2C(=O)c2ccccc2)cc1.CC(F)(F)c1ccccc1S(=O)(=O)Nc1ccc(Cl)cc1C(=O)c1ccccc1.COc1ccccc1C(=O)c1cc(Cl)ccc1NS(=O)(=O)c1ccc([N+](=O)[O-])cc1.Cc1ccc(S(=O)(=O)Nc2ccc(Cl)cc2C(=O)c2ccccc2)cc1[N+](C)=O.Cc1ccc2sc(S(=O)(=O)Nc3ccc(Cl)cc3C(=O)c3ccccc3)c(C)c2c1. The lowest BCUT2D eigenvalue weighted by Gasteiger charge is -2.18. The van der Waals surface area contributed by atoms with E-state index < -0.39 is 83.0 Å². The summed E-state index contributed by atoms with van der Waals surface area (Å²) >= 11 is 25.4. The normalized spacial score (nSPS) is 11.3. The maximum atomic E-state index is 13.9. The molecule has 1 heterocycles. The Balaban J connectivity index is 0.000000161. The molecule has 0 spiro atoms. The van der Waals surface area contributed by atoms with Crippen LogP contribution in [0.4, 0.5) is 54.3 Å². The monoisotopic (exact) mass is 2150 g/mol. The molecule has 740 valence electrons. The number of carbonyl (C=O) groups excluding carboxylic acids is 5. The number of aryl methyl sites for hydroxylation is 3. The van der Waals surface area contributed by atoms with Gasteiger partial charge in [0.15, 0.2) is 36.0 Å². The summed E-state index contributed by atoms with van der Waals surface area (Å²) in [5, 5.41) is 24.0. The summed E-state index contributed by atoms with van der Waals surface area (Å²) in [4.78, 5) is 85.5. The van der Waals surface area contributed by atoms with E-state index in [-0.39, 0.29) is 125 Å². The third-order valence-electron chi connectivity index (χ3n) is 21.4. The lowest BCUT2D eigenvalue weighted by molar-refractivity contribution is -0.429. The molecular formula is C105H83Cl4F2N8O20S6+. The second kappa shape index (κ2) is 46.8. The van der Waals surface area contributed by atoms with Gasteiger partial charge in [0.05, 0.1) is 65.6 Å². The third kappa shape index (κ3) is 27.4. The molecule has 40 heteroatoms. The zero-order valence-corrected chi connectivity index (χ0v) is 84.8. The van der Waals surface area contributed by atoms with E-state index in [1.165, 1.54) is 147 Å². The van der Waals surface area contributed by atoms with Crippen molar-refractivity contribution in [3.63, 3.8) is 0 Å². The quantitative estimate of drug-likeness (QED) is 0.00697. The van der Waals surface area contributed by atoms with Gasteiger partial charge in [-0.15, -0.1) is 11.3 Å². The van der Waals surface area contributed by atoms with Crippen molar-refractivity contribution in [2.75, 3.05) is 37.8 Å². The first-order valence-corrected chi connectivity index (χ1v) is 52.5. The fourth-order valence-corrected chi connectivity index (χ4v) is 22.3. The number of non-ortho nitro benzene ring substituents is 1. The number of methoxy groups -OCH3 is 1. The second-order valence-corrected chi connectivity index (χ2v) is 43.0. The zero-order valence-electron chi connectivity index (χ0n) is 76.9. The van der Waals surface area contributed by atoms with Gasteiger partial charge < -0.3 is 9.94 Å². The van der Waals surface area contributed by atoms with Crippen LogP contribution in [-0.4, -0.2) is 106 Å². The Kier molecular flexibility index (Phi) is 35.0. The van der Waals surface area contributed by atoms with Crippen molar-refractivity contribution >= 4 is 199 Å². The highest BCUT2D eigenvalue weighted by Gasteiger charge is 2.35. The summed E-state index contributed by atoms with van der Waals surface area (Å²) in [6.45, 7) is 9.30. The average Bonchev–Trinajstić information content (AvgIpc) is 1.61. The summed E-state index contributed by atoms with van der Waals surface area (Å²) in [6, 6.07) is 88.6. The molecule has 5 N–H and O–H groups in total. The minimum Gasteiger partial charge on any atom is -0.619 e. The number of nitrogens with zero attached hydrogens (tertiary/aromatic N) is 3. The standard InChI is InChI=1S/C23H18ClNO3S2.C21H16ClF2NO3S.C21H17ClN2O4S.C20H15ClN2O6S.C20H16N2O4S/c1-14-8-11-21-18(12-14)15(2)23(29-21)30(27,28)25-20-10-9-17(24)13-19(20)22(26)16-6-4-3-5-7-16;1-21(23,24)17-9-5-6-10-19(17)29(27,28)25-18-12-11-15(22)13-16(18)20(26)14-7-3-2-4-8-14;1-14-8-10-17(13-20(14)24(2)26)29(27,28)23-19-11-9-16(22)12-18(19)21(25)15-6-4-3-5-7-15;1-29-19-5-3-2-4-16(19)20(24)17-12-13(21)6-11-18(17)22-30(27,28)15-9-7-14(8-10-15)23(25)26;1-22(24)16-11-13-17(14-12-16)27(25,26)21-19-10-6-5-9-18(19)20(23)15-7-3-2-4-8-15/h3-13,25H,1-2H3;2-13,25H,1H3;3-13H,1-2H3;2-12,22H,1H3;2-14,21H,1H2/p+1. The minimum atomic E-state index is -4.40. The second-order valence-electron chi connectivity index (χ2n) is 31.6. The van der Waals surface area contributed by atoms with E-state index in [1.807, 2.05) is 31.2 Å². The highest BCUT2D eigenvalue weighted by molar-refractivity contribution is 7.95. The van der Waals surface area contributed by atoms with Crippen molar-refractivity contribution in [2.24, 2.45) is 0 Å². The van der Waals surface area contributed by atoms with Crippen molar-refractivity contribution in [1.29, 1.82) is 0 Å². The van der Waals surface area contributed by atoms with Crippen LogP contribution < -0.4 is 28.3 Å². The van der Waals surface area contributed by atoms with Gasteiger partial charge in [0.1, 0.15) is 16.7 Å². The number of fused-ring (bicyclic) bond motifs is 1. The fourth-order valence-electron chi connectivity index (χ4n) is 14.2. The summed E-state index contributed by atoms with van der Waals surface area (Å²) in [7, 11) is -17.7. The van der Waals surface area contributed by atoms with Crippen LogP contribution in [0.25, 0.3) is 10.1 Å². The fraction of sp³-hybridized carbons (Fsp3) is 0.0667. The average molecular weight is 2150 g/mol. The molecule has 0 bridgehead atoms. The van der Waals surface area contributed by atoms with E-state index in [1.54, 1.807) is 184 Å². The number of anilines is 5. The molecule has 1 aromatic heterocycles. The zero-order chi connectivity index (χ0) is 105. The predicted molar refractivity (Wildman–Crippen MR) is 560 cm³/mol. The molecule has 28 nitrogen and oxygen atoms in total. The molecule has 0 unspecified atom stereocenters. The van der Waals surface area contributed by atoms with Gasteiger partial charge in [0, 0.05) is 133 Å². The van der Waals surface area contributed by atoms with Crippen LogP contribution in [0.5, 0.6) is 5.75 Å². The predicted octanol–water partition coefficient (Wildman–Crippen LogP) is 24.3. The Labute approximate surface area is 857 Å². The smallest absolute Gasteiger partial charge is 0.271 e. The Morgan fingerprint density at radius 3 is 1.12 bits per heavy atom. The van der Waals surface area contributed by atoms with Crippen molar-refractivity contribution in [3.05, 3.63) is 470 Å². The number of nitroso groups, excluding NO2 is 1. The first kappa shape index (κ1) is 108. The van der Waals surface area contributed by atoms with E-state index in [0.717, 1.165) is 52.0 Å². The van der Waals surface area contributed by atoms with Crippen LogP contribution in [0.1, 0.15) is 109 Å². The minimum absolute atomic E-state index is 0.00742. The van der Waals surface area contributed by atoms with Gasteiger partial charge in [-0.25, -0.2) is 50.9 Å². The third-order valence-corrected chi connectivity index (χ3v) is 31.1. The Morgan fingerprint density at radius 1 is 0.372 bits per heavy atom. The van der Waals surface area contributed by atoms with E-state index in [4.69, 9.17) is 51.1 Å². The number of halogens is 6. The van der Waals surface area contributed by atoms with E-state index in [0.29, 0.717) is 65.6 Å².